The molecule has 0 fully saturated rings. The smallest absolute Gasteiger partial charge is 0.329 e. The number of amides is 1. The quantitative estimate of drug-likeness (QED) is 0.538. The molecule has 0 saturated carbocycles. The normalized spacial score (nSPS) is 11.7. The summed E-state index contributed by atoms with van der Waals surface area (Å²) < 4.78 is 4.77. The van der Waals surface area contributed by atoms with E-state index < -0.39 is 12.0 Å². The Morgan fingerprint density at radius 2 is 2.07 bits per heavy atom. The van der Waals surface area contributed by atoms with Crippen molar-refractivity contribution >= 4 is 11.9 Å². The van der Waals surface area contributed by atoms with Crippen molar-refractivity contribution in [1.29, 1.82) is 0 Å². The van der Waals surface area contributed by atoms with E-state index in [1.807, 2.05) is 13.8 Å². The van der Waals surface area contributed by atoms with Crippen LogP contribution in [0.3, 0.4) is 0 Å². The van der Waals surface area contributed by atoms with Crippen molar-refractivity contribution in [3.8, 4) is 12.3 Å². The van der Waals surface area contributed by atoms with Gasteiger partial charge in [0.05, 0.1) is 0 Å². The first-order valence-corrected chi connectivity index (χ1v) is 4.84. The molecule has 0 spiro atoms. The fraction of sp³-hybridized carbons (Fsp3) is 0.636. The highest BCUT2D eigenvalue weighted by molar-refractivity contribution is 5.83. The number of nitrogens with one attached hydrogen (secondary N) is 1. The number of rotatable bonds is 5. The molecule has 4 nitrogen and oxygen atoms in total. The Kier molecular flexibility index (Phi) is 6.19. The lowest BCUT2D eigenvalue weighted by molar-refractivity contribution is -0.146. The van der Waals surface area contributed by atoms with Crippen LogP contribution in [0.25, 0.3) is 0 Å². The average Bonchev–Trinajstić information content (AvgIpc) is 2.11. The van der Waals surface area contributed by atoms with Crippen molar-refractivity contribution in [2.24, 2.45) is 5.92 Å². The van der Waals surface area contributed by atoms with Crippen LogP contribution < -0.4 is 5.32 Å². The first kappa shape index (κ1) is 13.5. The van der Waals surface area contributed by atoms with Crippen molar-refractivity contribution in [3.05, 3.63) is 0 Å². The zero-order chi connectivity index (χ0) is 11.8. The lowest BCUT2D eigenvalue weighted by Gasteiger charge is -2.17. The van der Waals surface area contributed by atoms with Crippen LogP contribution in [0.4, 0.5) is 0 Å². The number of ether oxygens (including phenoxy) is 1. The van der Waals surface area contributed by atoms with Crippen molar-refractivity contribution in [1.82, 2.24) is 5.32 Å². The fourth-order valence-electron chi connectivity index (χ4n) is 1.14. The van der Waals surface area contributed by atoms with Crippen LogP contribution in [0.15, 0.2) is 0 Å². The zero-order valence-electron chi connectivity index (χ0n) is 9.37. The van der Waals surface area contributed by atoms with Crippen molar-refractivity contribution in [2.75, 3.05) is 6.61 Å². The molecule has 0 saturated heterocycles. The van der Waals surface area contributed by atoms with Gasteiger partial charge in [-0.3, -0.25) is 4.79 Å². The first-order valence-electron chi connectivity index (χ1n) is 4.84. The second kappa shape index (κ2) is 6.88. The van der Waals surface area contributed by atoms with Gasteiger partial charge in [-0.15, -0.1) is 6.42 Å². The summed E-state index contributed by atoms with van der Waals surface area (Å²) in [4.78, 5) is 22.3. The minimum absolute atomic E-state index is 0.0625. The molecule has 0 aromatic heterocycles. The molecule has 0 aliphatic rings. The Hall–Kier alpha value is -1.50. The van der Waals surface area contributed by atoms with Crippen LogP contribution in [0.1, 0.15) is 27.2 Å². The van der Waals surface area contributed by atoms with Gasteiger partial charge in [0.25, 0.3) is 0 Å². The highest BCUT2D eigenvalue weighted by Crippen LogP contribution is 2.06. The van der Waals surface area contributed by atoms with Gasteiger partial charge in [-0.05, 0) is 12.3 Å². The Balaban J connectivity index is 4.28. The molecule has 1 amide bonds. The molecular formula is C11H17NO3. The SMILES string of the molecule is C#CCOC(=O)[C@H](CC(C)C)NC(C)=O. The molecule has 0 bridgehead atoms. The topological polar surface area (TPSA) is 55.4 Å². The van der Waals surface area contributed by atoms with E-state index in [2.05, 4.69) is 11.2 Å². The molecule has 1 atom stereocenters. The number of esters is 1. The Labute approximate surface area is 90.4 Å². The maximum atomic E-state index is 11.4. The molecule has 0 rings (SSSR count). The van der Waals surface area contributed by atoms with Gasteiger partial charge in [0.1, 0.15) is 6.04 Å². The molecule has 0 aromatic rings. The van der Waals surface area contributed by atoms with E-state index in [9.17, 15) is 9.59 Å². The summed E-state index contributed by atoms with van der Waals surface area (Å²) in [7, 11) is 0. The fourth-order valence-corrected chi connectivity index (χ4v) is 1.14. The summed E-state index contributed by atoms with van der Waals surface area (Å²) in [5.74, 6) is 1.77. The summed E-state index contributed by atoms with van der Waals surface area (Å²) in [6.07, 6.45) is 5.51. The minimum Gasteiger partial charge on any atom is -0.451 e. The second-order valence-electron chi connectivity index (χ2n) is 3.69. The van der Waals surface area contributed by atoms with E-state index in [1.54, 1.807) is 0 Å². The van der Waals surface area contributed by atoms with Crippen LogP contribution in [-0.4, -0.2) is 24.5 Å². The molecule has 0 aliphatic heterocycles. The molecule has 15 heavy (non-hydrogen) atoms. The maximum absolute atomic E-state index is 11.4. The predicted octanol–water partition coefficient (Wildman–Crippen LogP) is 0.714. The molecule has 0 heterocycles. The van der Waals surface area contributed by atoms with Gasteiger partial charge in [0.15, 0.2) is 6.61 Å². The molecule has 0 radical (unpaired) electrons. The third kappa shape index (κ3) is 6.55. The zero-order valence-corrected chi connectivity index (χ0v) is 9.37. The summed E-state index contributed by atoms with van der Waals surface area (Å²) in [5.41, 5.74) is 0. The Morgan fingerprint density at radius 1 is 1.47 bits per heavy atom. The number of carbonyl (C=O) groups is 2. The van der Waals surface area contributed by atoms with Crippen LogP contribution in [0, 0.1) is 18.3 Å². The summed E-state index contributed by atoms with van der Waals surface area (Å²) in [6.45, 7) is 5.22. The molecule has 0 aliphatic carbocycles. The van der Waals surface area contributed by atoms with Crippen LogP contribution in [0.5, 0.6) is 0 Å². The van der Waals surface area contributed by atoms with Gasteiger partial charge in [-0.1, -0.05) is 19.8 Å². The molecule has 0 aromatic carbocycles. The van der Waals surface area contributed by atoms with Crippen molar-refractivity contribution in [2.45, 2.75) is 33.2 Å². The van der Waals surface area contributed by atoms with Gasteiger partial charge in [-0.2, -0.15) is 0 Å². The van der Waals surface area contributed by atoms with E-state index in [1.165, 1.54) is 6.92 Å². The van der Waals surface area contributed by atoms with Gasteiger partial charge in [0.2, 0.25) is 5.91 Å². The highest BCUT2D eigenvalue weighted by Gasteiger charge is 2.21. The summed E-state index contributed by atoms with van der Waals surface area (Å²) in [6, 6.07) is -0.601. The lowest BCUT2D eigenvalue weighted by atomic mass is 10.0. The third-order valence-corrected chi connectivity index (χ3v) is 1.67. The third-order valence-electron chi connectivity index (χ3n) is 1.67. The Bertz CT molecular complexity index is 265. The van der Waals surface area contributed by atoms with Crippen LogP contribution >= 0.6 is 0 Å². The van der Waals surface area contributed by atoms with E-state index in [4.69, 9.17) is 11.2 Å². The predicted molar refractivity (Wildman–Crippen MR) is 56.9 cm³/mol. The van der Waals surface area contributed by atoms with E-state index in [0.717, 1.165) is 0 Å². The number of hydrogen-bond donors (Lipinski definition) is 1. The average molecular weight is 211 g/mol. The maximum Gasteiger partial charge on any atom is 0.329 e. The second-order valence-corrected chi connectivity index (χ2v) is 3.69. The number of hydrogen-bond acceptors (Lipinski definition) is 3. The van der Waals surface area contributed by atoms with Gasteiger partial charge < -0.3 is 10.1 Å². The molecule has 1 N–H and O–H groups in total. The van der Waals surface area contributed by atoms with Gasteiger partial charge in [-0.25, -0.2) is 4.79 Å². The lowest BCUT2D eigenvalue weighted by Crippen LogP contribution is -2.41. The monoisotopic (exact) mass is 211 g/mol. The van der Waals surface area contributed by atoms with Crippen LogP contribution in [-0.2, 0) is 14.3 Å². The highest BCUT2D eigenvalue weighted by atomic mass is 16.5. The van der Waals surface area contributed by atoms with Crippen LogP contribution in [0.2, 0.25) is 0 Å². The van der Waals surface area contributed by atoms with Gasteiger partial charge in [0, 0.05) is 6.92 Å². The summed E-state index contributed by atoms with van der Waals surface area (Å²) >= 11 is 0. The van der Waals surface area contributed by atoms with Crippen molar-refractivity contribution < 1.29 is 14.3 Å². The number of terminal acetylenes is 1. The number of carbonyl (C=O) groups excluding carboxylic acids is 2. The van der Waals surface area contributed by atoms with Crippen molar-refractivity contribution in [3.63, 3.8) is 0 Å². The Morgan fingerprint density at radius 3 is 2.47 bits per heavy atom. The molecular weight excluding hydrogens is 194 g/mol. The van der Waals surface area contributed by atoms with E-state index in [0.29, 0.717) is 12.3 Å². The first-order chi connectivity index (χ1) is 6.97. The minimum atomic E-state index is -0.601. The largest absolute Gasteiger partial charge is 0.451 e. The van der Waals surface area contributed by atoms with Gasteiger partial charge >= 0.3 is 5.97 Å². The molecule has 4 heteroatoms. The molecule has 84 valence electrons. The summed E-state index contributed by atoms with van der Waals surface area (Å²) in [5, 5.41) is 2.54. The van der Waals surface area contributed by atoms with E-state index in [-0.39, 0.29) is 12.5 Å². The van der Waals surface area contributed by atoms with E-state index >= 15 is 0 Å². The molecule has 0 unspecified atom stereocenters. The standard InChI is InChI=1S/C11H17NO3/c1-5-6-15-11(14)10(7-8(2)3)12-9(4)13/h1,8,10H,6-7H2,2-4H3,(H,12,13)/t10-/m0/s1.